The number of unbranched alkanes of at least 4 members (excludes halogenated alkanes) is 16. The fourth-order valence-electron chi connectivity index (χ4n) is 3.88. The van der Waals surface area contributed by atoms with E-state index in [9.17, 15) is 13.0 Å². The molecule has 0 amide bonds. The fourth-order valence-corrected chi connectivity index (χ4v) is 4.35. The molecular weight excluding hydrogens is 403 g/mol. The van der Waals surface area contributed by atoms with Crippen LogP contribution >= 0.6 is 0 Å². The molecule has 0 radical (unpaired) electrons. The zero-order valence-corrected chi connectivity index (χ0v) is 22.5. The van der Waals surface area contributed by atoms with Crippen molar-refractivity contribution >= 4 is 10.1 Å². The molecule has 168 valence electrons. The van der Waals surface area contributed by atoms with Gasteiger partial charge < -0.3 is 4.55 Å². The summed E-state index contributed by atoms with van der Waals surface area (Å²) in [5.41, 5.74) is 1.11. The monoisotopic (exact) mass is 446 g/mol. The topological polar surface area (TPSA) is 57.2 Å². The Hall–Kier alpha value is 0.130. The third kappa shape index (κ3) is 16.8. The Balaban J connectivity index is 0.00000841. The summed E-state index contributed by atoms with van der Waals surface area (Å²) < 4.78 is 32.7. The van der Waals surface area contributed by atoms with Crippen LogP contribution in [0.15, 0.2) is 29.2 Å². The Morgan fingerprint density at radius 2 is 0.933 bits per heavy atom. The number of hydrogen-bond acceptors (Lipinski definition) is 3. The van der Waals surface area contributed by atoms with E-state index in [0.29, 0.717) is 0 Å². The quantitative estimate of drug-likeness (QED) is 0.174. The van der Waals surface area contributed by atoms with Gasteiger partial charge in [0.1, 0.15) is 10.1 Å². The van der Waals surface area contributed by atoms with E-state index in [1.807, 2.05) is 0 Å². The summed E-state index contributed by atoms with van der Waals surface area (Å²) >= 11 is 0. The SMILES string of the molecule is CCCCCCCCCCCCCCCCCCCc1ccc(S(=O)(=O)[O-])cc1.[Na+]. The second-order valence-corrected chi connectivity index (χ2v) is 9.88. The van der Waals surface area contributed by atoms with Crippen molar-refractivity contribution in [2.45, 2.75) is 127 Å². The first kappa shape index (κ1) is 30.1. The zero-order valence-electron chi connectivity index (χ0n) is 19.7. The standard InChI is InChI=1S/C25H44O3S.Na/c1-2-3-4-5-6-7-8-9-10-11-12-13-14-15-16-17-18-19-24-20-22-25(23-21-24)29(26,27)28;/h20-23H,2-19H2,1H3,(H,26,27,28);/q;+1/p-1. The number of aryl methyl sites for hydroxylation is 1. The first-order valence-electron chi connectivity index (χ1n) is 12.1. The molecule has 0 aromatic heterocycles. The normalized spacial score (nSPS) is 11.4. The maximum atomic E-state index is 10.9. The van der Waals surface area contributed by atoms with E-state index in [1.54, 1.807) is 12.1 Å². The van der Waals surface area contributed by atoms with E-state index in [4.69, 9.17) is 0 Å². The molecule has 1 aromatic carbocycles. The summed E-state index contributed by atoms with van der Waals surface area (Å²) in [5.74, 6) is 0. The van der Waals surface area contributed by atoms with Crippen molar-refractivity contribution < 1.29 is 42.5 Å². The first-order valence-corrected chi connectivity index (χ1v) is 13.5. The van der Waals surface area contributed by atoms with E-state index in [-0.39, 0.29) is 34.5 Å². The molecule has 3 nitrogen and oxygen atoms in total. The van der Waals surface area contributed by atoms with Crippen LogP contribution < -0.4 is 29.6 Å². The molecule has 0 aliphatic carbocycles. The molecule has 5 heteroatoms. The summed E-state index contributed by atoms with van der Waals surface area (Å²) in [7, 11) is -4.32. The van der Waals surface area contributed by atoms with Gasteiger partial charge in [-0.15, -0.1) is 0 Å². The van der Waals surface area contributed by atoms with Gasteiger partial charge in [-0.1, -0.05) is 122 Å². The van der Waals surface area contributed by atoms with Gasteiger partial charge in [-0.3, -0.25) is 0 Å². The van der Waals surface area contributed by atoms with Gasteiger partial charge in [0.2, 0.25) is 0 Å². The van der Waals surface area contributed by atoms with Crippen molar-refractivity contribution in [1.29, 1.82) is 0 Å². The predicted molar refractivity (Wildman–Crippen MR) is 122 cm³/mol. The van der Waals surface area contributed by atoms with E-state index >= 15 is 0 Å². The molecule has 1 rings (SSSR count). The average molecular weight is 447 g/mol. The predicted octanol–water partition coefficient (Wildman–Crippen LogP) is 4.79. The Labute approximate surface area is 208 Å². The molecule has 30 heavy (non-hydrogen) atoms. The molecule has 0 saturated heterocycles. The third-order valence-corrected chi connectivity index (χ3v) is 6.63. The van der Waals surface area contributed by atoms with E-state index in [2.05, 4.69) is 6.92 Å². The Morgan fingerprint density at radius 3 is 1.27 bits per heavy atom. The Morgan fingerprint density at radius 1 is 0.600 bits per heavy atom. The van der Waals surface area contributed by atoms with Crippen LogP contribution in [0.25, 0.3) is 0 Å². The van der Waals surface area contributed by atoms with Gasteiger partial charge in [-0.25, -0.2) is 8.42 Å². The van der Waals surface area contributed by atoms with Gasteiger partial charge >= 0.3 is 29.6 Å². The van der Waals surface area contributed by atoms with Gasteiger partial charge in [-0.05, 0) is 30.5 Å². The minimum absolute atomic E-state index is 0. The molecule has 1 aromatic rings. The van der Waals surface area contributed by atoms with Crippen molar-refractivity contribution in [3.05, 3.63) is 29.8 Å². The molecule has 0 saturated carbocycles. The average Bonchev–Trinajstić information content (AvgIpc) is 2.70. The fraction of sp³-hybridized carbons (Fsp3) is 0.760. The molecular formula is C25H43NaO3S. The molecule has 0 heterocycles. The minimum Gasteiger partial charge on any atom is -0.744 e. The minimum atomic E-state index is -4.32. The summed E-state index contributed by atoms with van der Waals surface area (Å²) in [6, 6.07) is 6.37. The second kappa shape index (κ2) is 19.8. The van der Waals surface area contributed by atoms with Crippen molar-refractivity contribution in [3.8, 4) is 0 Å². The van der Waals surface area contributed by atoms with E-state index < -0.39 is 10.1 Å². The summed E-state index contributed by atoms with van der Waals surface area (Å²) in [4.78, 5) is -0.136. The third-order valence-electron chi connectivity index (χ3n) is 5.78. The van der Waals surface area contributed by atoms with Crippen molar-refractivity contribution in [2.24, 2.45) is 0 Å². The van der Waals surface area contributed by atoms with Gasteiger partial charge in [0.25, 0.3) is 0 Å². The second-order valence-electron chi connectivity index (χ2n) is 8.50. The first-order chi connectivity index (χ1) is 14.0. The van der Waals surface area contributed by atoms with Crippen LogP contribution in [0.5, 0.6) is 0 Å². The molecule has 0 fully saturated rings. The van der Waals surface area contributed by atoms with Crippen LogP contribution in [0.4, 0.5) is 0 Å². The molecule has 0 bridgehead atoms. The molecule has 0 aliphatic rings. The molecule has 0 aliphatic heterocycles. The Kier molecular flexibility index (Phi) is 19.9. The van der Waals surface area contributed by atoms with Crippen LogP contribution in [-0.2, 0) is 16.5 Å². The van der Waals surface area contributed by atoms with E-state index in [1.165, 1.54) is 115 Å². The molecule has 0 unspecified atom stereocenters. The molecule has 0 N–H and O–H groups in total. The molecule has 0 atom stereocenters. The van der Waals surface area contributed by atoms with Crippen LogP contribution in [0.2, 0.25) is 0 Å². The van der Waals surface area contributed by atoms with Gasteiger partial charge in [-0.2, -0.15) is 0 Å². The van der Waals surface area contributed by atoms with Gasteiger partial charge in [0.15, 0.2) is 0 Å². The smallest absolute Gasteiger partial charge is 0.744 e. The van der Waals surface area contributed by atoms with Crippen LogP contribution in [0, 0.1) is 0 Å². The number of hydrogen-bond donors (Lipinski definition) is 0. The Bertz CT molecular complexity index is 599. The summed E-state index contributed by atoms with van der Waals surface area (Å²) in [6.07, 6.45) is 24.2. The van der Waals surface area contributed by atoms with Gasteiger partial charge in [0, 0.05) is 0 Å². The number of benzene rings is 1. The van der Waals surface area contributed by atoms with Crippen molar-refractivity contribution in [1.82, 2.24) is 0 Å². The number of rotatable bonds is 19. The largest absolute Gasteiger partial charge is 1.00 e. The molecule has 0 spiro atoms. The zero-order chi connectivity index (χ0) is 21.2. The van der Waals surface area contributed by atoms with Crippen molar-refractivity contribution in [3.63, 3.8) is 0 Å². The summed E-state index contributed by atoms with van der Waals surface area (Å²) in [5, 5.41) is 0. The van der Waals surface area contributed by atoms with Crippen molar-refractivity contribution in [2.75, 3.05) is 0 Å². The maximum absolute atomic E-state index is 10.9. The van der Waals surface area contributed by atoms with Crippen LogP contribution in [0.1, 0.15) is 122 Å². The van der Waals surface area contributed by atoms with Crippen LogP contribution in [0.3, 0.4) is 0 Å². The maximum Gasteiger partial charge on any atom is 1.00 e. The summed E-state index contributed by atoms with van der Waals surface area (Å²) in [6.45, 7) is 2.28. The van der Waals surface area contributed by atoms with Crippen LogP contribution in [-0.4, -0.2) is 13.0 Å². The van der Waals surface area contributed by atoms with Gasteiger partial charge in [0.05, 0.1) is 4.90 Å². The van der Waals surface area contributed by atoms with E-state index in [0.717, 1.165) is 18.4 Å².